The Labute approximate surface area is 153 Å². The number of rotatable bonds is 9. The number of aromatic nitrogens is 3. The first-order valence-corrected chi connectivity index (χ1v) is 8.53. The molecular formula is C19H25N5O2. The van der Waals surface area contributed by atoms with E-state index in [1.165, 1.54) is 0 Å². The van der Waals surface area contributed by atoms with Crippen molar-refractivity contribution in [3.8, 4) is 0 Å². The van der Waals surface area contributed by atoms with Crippen LogP contribution in [0.4, 0.5) is 0 Å². The molecule has 1 N–H and O–H groups in total. The maximum Gasteiger partial charge on any atom is 0.254 e. The van der Waals surface area contributed by atoms with Gasteiger partial charge in [-0.15, -0.1) is 6.58 Å². The van der Waals surface area contributed by atoms with Gasteiger partial charge in [0.15, 0.2) is 0 Å². The molecule has 138 valence electrons. The van der Waals surface area contributed by atoms with Gasteiger partial charge in [0.05, 0.1) is 6.33 Å². The third-order valence-corrected chi connectivity index (χ3v) is 4.17. The van der Waals surface area contributed by atoms with Crippen molar-refractivity contribution in [1.29, 1.82) is 0 Å². The predicted octanol–water partition coefficient (Wildman–Crippen LogP) is 1.89. The number of amides is 2. The molecule has 0 aliphatic heterocycles. The quantitative estimate of drug-likeness (QED) is 0.697. The van der Waals surface area contributed by atoms with E-state index in [0.29, 0.717) is 31.6 Å². The van der Waals surface area contributed by atoms with Gasteiger partial charge in [0.1, 0.15) is 5.54 Å². The number of nitrogens with one attached hydrogen (secondary N) is 1. The average molecular weight is 355 g/mol. The van der Waals surface area contributed by atoms with Crippen LogP contribution in [0.15, 0.2) is 55.9 Å². The lowest BCUT2D eigenvalue weighted by atomic mass is 9.99. The van der Waals surface area contributed by atoms with E-state index in [-0.39, 0.29) is 11.8 Å². The number of aryl methyl sites for hydroxylation is 1. The highest BCUT2D eigenvalue weighted by Gasteiger charge is 2.37. The van der Waals surface area contributed by atoms with Crippen LogP contribution in [-0.2, 0) is 11.3 Å². The van der Waals surface area contributed by atoms with E-state index in [1.807, 2.05) is 10.8 Å². The van der Waals surface area contributed by atoms with Crippen LogP contribution in [0, 0.1) is 0 Å². The van der Waals surface area contributed by atoms with Gasteiger partial charge in [-0.3, -0.25) is 14.6 Å². The molecule has 0 saturated heterocycles. The van der Waals surface area contributed by atoms with Gasteiger partial charge in [-0.1, -0.05) is 6.08 Å². The standard InChI is InChI=1S/C19H25N5O2/c1-4-8-22-18(26)19(2,3)24(13-5-12-23-14-11-21-15-23)17(25)16-6-9-20-10-7-16/h4,6-7,9-11,14-15H,1,5,8,12-13H2,2-3H3,(H,22,26). The molecule has 0 saturated carbocycles. The average Bonchev–Trinajstić information content (AvgIpc) is 3.16. The van der Waals surface area contributed by atoms with Gasteiger partial charge in [-0.05, 0) is 32.4 Å². The number of carbonyl (C=O) groups excluding carboxylic acids is 2. The molecule has 0 radical (unpaired) electrons. The molecule has 0 aliphatic carbocycles. The van der Waals surface area contributed by atoms with Crippen molar-refractivity contribution in [2.24, 2.45) is 0 Å². The van der Waals surface area contributed by atoms with E-state index >= 15 is 0 Å². The molecule has 2 heterocycles. The highest BCUT2D eigenvalue weighted by Crippen LogP contribution is 2.19. The van der Waals surface area contributed by atoms with E-state index in [0.717, 1.165) is 0 Å². The first-order valence-electron chi connectivity index (χ1n) is 8.53. The molecule has 2 amide bonds. The van der Waals surface area contributed by atoms with Crippen molar-refractivity contribution in [1.82, 2.24) is 24.8 Å². The summed E-state index contributed by atoms with van der Waals surface area (Å²) in [6, 6.07) is 3.31. The van der Waals surface area contributed by atoms with Crippen molar-refractivity contribution in [3.63, 3.8) is 0 Å². The van der Waals surface area contributed by atoms with Crippen molar-refractivity contribution < 1.29 is 9.59 Å². The Morgan fingerprint density at radius 2 is 2.00 bits per heavy atom. The molecule has 2 rings (SSSR count). The lowest BCUT2D eigenvalue weighted by molar-refractivity contribution is -0.130. The lowest BCUT2D eigenvalue weighted by Gasteiger charge is -2.37. The SMILES string of the molecule is C=CCNC(=O)C(C)(C)N(CCCn1ccnc1)C(=O)c1ccncc1. The van der Waals surface area contributed by atoms with Crippen molar-refractivity contribution in [2.75, 3.05) is 13.1 Å². The number of imidazole rings is 1. The van der Waals surface area contributed by atoms with Gasteiger partial charge in [-0.2, -0.15) is 0 Å². The molecule has 0 spiro atoms. The van der Waals surface area contributed by atoms with Crippen LogP contribution in [0.3, 0.4) is 0 Å². The topological polar surface area (TPSA) is 80.1 Å². The predicted molar refractivity (Wildman–Crippen MR) is 99.4 cm³/mol. The molecule has 0 aliphatic rings. The van der Waals surface area contributed by atoms with Gasteiger partial charge in [-0.25, -0.2) is 4.98 Å². The third kappa shape index (κ3) is 4.78. The van der Waals surface area contributed by atoms with E-state index in [9.17, 15) is 9.59 Å². The van der Waals surface area contributed by atoms with Crippen molar-refractivity contribution in [3.05, 3.63) is 61.5 Å². The second kappa shape index (κ2) is 8.94. The fourth-order valence-electron chi connectivity index (χ4n) is 2.62. The maximum absolute atomic E-state index is 13.0. The van der Waals surface area contributed by atoms with E-state index in [2.05, 4.69) is 21.9 Å². The second-order valence-corrected chi connectivity index (χ2v) is 6.40. The zero-order chi connectivity index (χ0) is 19.0. The van der Waals surface area contributed by atoms with Gasteiger partial charge in [0.2, 0.25) is 5.91 Å². The van der Waals surface area contributed by atoms with Gasteiger partial charge >= 0.3 is 0 Å². The summed E-state index contributed by atoms with van der Waals surface area (Å²) in [5.41, 5.74) is -0.495. The summed E-state index contributed by atoms with van der Waals surface area (Å²) in [4.78, 5) is 35.2. The number of carbonyl (C=O) groups is 2. The summed E-state index contributed by atoms with van der Waals surface area (Å²) in [5.74, 6) is -0.417. The molecule has 0 unspecified atom stereocenters. The van der Waals surface area contributed by atoms with E-state index in [1.54, 1.807) is 61.9 Å². The van der Waals surface area contributed by atoms with Crippen LogP contribution in [0.5, 0.6) is 0 Å². The lowest BCUT2D eigenvalue weighted by Crippen LogP contribution is -2.57. The summed E-state index contributed by atoms with van der Waals surface area (Å²) >= 11 is 0. The largest absolute Gasteiger partial charge is 0.351 e. The highest BCUT2D eigenvalue weighted by molar-refractivity contribution is 5.98. The first-order chi connectivity index (χ1) is 12.5. The van der Waals surface area contributed by atoms with E-state index < -0.39 is 5.54 Å². The monoisotopic (exact) mass is 355 g/mol. The molecule has 26 heavy (non-hydrogen) atoms. The summed E-state index contributed by atoms with van der Waals surface area (Å²) in [5, 5.41) is 2.78. The van der Waals surface area contributed by atoms with Gasteiger partial charge in [0, 0.05) is 50.0 Å². The van der Waals surface area contributed by atoms with Crippen molar-refractivity contribution in [2.45, 2.75) is 32.4 Å². The van der Waals surface area contributed by atoms with Crippen LogP contribution in [0.25, 0.3) is 0 Å². The van der Waals surface area contributed by atoms with Gasteiger partial charge < -0.3 is 14.8 Å². The van der Waals surface area contributed by atoms with Crippen molar-refractivity contribution >= 4 is 11.8 Å². The molecule has 0 bridgehead atoms. The first kappa shape index (κ1) is 19.4. The van der Waals surface area contributed by atoms with Gasteiger partial charge in [0.25, 0.3) is 5.91 Å². The highest BCUT2D eigenvalue weighted by atomic mass is 16.2. The minimum absolute atomic E-state index is 0.197. The second-order valence-electron chi connectivity index (χ2n) is 6.40. The summed E-state index contributed by atoms with van der Waals surface area (Å²) < 4.78 is 1.94. The molecule has 0 aromatic carbocycles. The number of hydrogen-bond acceptors (Lipinski definition) is 4. The Balaban J connectivity index is 2.17. The molecule has 7 nitrogen and oxygen atoms in total. The Morgan fingerprint density at radius 3 is 2.62 bits per heavy atom. The molecule has 7 heteroatoms. The number of hydrogen-bond donors (Lipinski definition) is 1. The summed E-state index contributed by atoms with van der Waals surface area (Å²) in [6.45, 7) is 8.62. The Kier molecular flexibility index (Phi) is 6.66. The smallest absolute Gasteiger partial charge is 0.254 e. The fraction of sp³-hybridized carbons (Fsp3) is 0.368. The minimum Gasteiger partial charge on any atom is -0.351 e. The minimum atomic E-state index is -1.00. The molecule has 0 atom stereocenters. The van der Waals surface area contributed by atoms with Crippen LogP contribution >= 0.6 is 0 Å². The number of pyridine rings is 1. The van der Waals surface area contributed by atoms with Crippen LogP contribution < -0.4 is 5.32 Å². The fourth-order valence-corrected chi connectivity index (χ4v) is 2.62. The number of nitrogens with zero attached hydrogens (tertiary/aromatic N) is 4. The summed E-state index contributed by atoms with van der Waals surface area (Å²) in [6.07, 6.45) is 10.8. The van der Waals surface area contributed by atoms with Crippen LogP contribution in [0.1, 0.15) is 30.6 Å². The molecule has 2 aromatic heterocycles. The zero-order valence-corrected chi connectivity index (χ0v) is 15.3. The molecule has 2 aromatic rings. The Morgan fingerprint density at radius 1 is 1.27 bits per heavy atom. The van der Waals surface area contributed by atoms with Crippen LogP contribution in [-0.4, -0.2) is 49.9 Å². The third-order valence-electron chi connectivity index (χ3n) is 4.17. The van der Waals surface area contributed by atoms with Crippen LogP contribution in [0.2, 0.25) is 0 Å². The molecule has 0 fully saturated rings. The Hall–Kier alpha value is -2.96. The maximum atomic E-state index is 13.0. The molecular weight excluding hydrogens is 330 g/mol. The van der Waals surface area contributed by atoms with E-state index in [4.69, 9.17) is 0 Å². The normalized spacial score (nSPS) is 11.0. The zero-order valence-electron chi connectivity index (χ0n) is 15.3. The Bertz CT molecular complexity index is 726. The summed E-state index contributed by atoms with van der Waals surface area (Å²) in [7, 11) is 0.